The van der Waals surface area contributed by atoms with E-state index in [0.717, 1.165) is 49.9 Å². The Morgan fingerprint density at radius 3 is 3.09 bits per heavy atom. The molecule has 4 heteroatoms. The summed E-state index contributed by atoms with van der Waals surface area (Å²) in [6.07, 6.45) is 3.77. The number of aromatic nitrogens is 1. The van der Waals surface area contributed by atoms with Crippen LogP contribution in [0.25, 0.3) is 10.8 Å². The van der Waals surface area contributed by atoms with Crippen molar-refractivity contribution in [3.63, 3.8) is 0 Å². The zero-order chi connectivity index (χ0) is 15.4. The molecule has 3 rings (SSSR count). The lowest BCUT2D eigenvalue weighted by atomic mass is 10.1. The molecule has 1 amide bonds. The van der Waals surface area contributed by atoms with Crippen molar-refractivity contribution < 1.29 is 9.53 Å². The molecule has 0 N–H and O–H groups in total. The van der Waals surface area contributed by atoms with Crippen LogP contribution in [0.15, 0.2) is 36.5 Å². The van der Waals surface area contributed by atoms with Gasteiger partial charge in [0.1, 0.15) is 5.69 Å². The fourth-order valence-electron chi connectivity index (χ4n) is 2.99. The number of pyridine rings is 1. The van der Waals surface area contributed by atoms with Crippen LogP contribution in [-0.4, -0.2) is 42.1 Å². The summed E-state index contributed by atoms with van der Waals surface area (Å²) in [4.78, 5) is 19.0. The Labute approximate surface area is 131 Å². The quantitative estimate of drug-likeness (QED) is 0.797. The van der Waals surface area contributed by atoms with Gasteiger partial charge >= 0.3 is 0 Å². The highest BCUT2D eigenvalue weighted by Gasteiger charge is 2.28. The molecule has 1 aromatic carbocycles. The summed E-state index contributed by atoms with van der Waals surface area (Å²) in [5.74, 6) is 0.486. The highest BCUT2D eigenvalue weighted by atomic mass is 16.5. The van der Waals surface area contributed by atoms with E-state index < -0.39 is 0 Å². The van der Waals surface area contributed by atoms with E-state index in [0.29, 0.717) is 11.6 Å². The molecule has 1 atom stereocenters. The maximum atomic E-state index is 12.8. The van der Waals surface area contributed by atoms with Crippen LogP contribution in [-0.2, 0) is 4.74 Å². The van der Waals surface area contributed by atoms with Gasteiger partial charge in [-0.1, -0.05) is 31.2 Å². The summed E-state index contributed by atoms with van der Waals surface area (Å²) in [5.41, 5.74) is 0.563. The molecule has 1 saturated heterocycles. The van der Waals surface area contributed by atoms with Gasteiger partial charge in [-0.25, -0.2) is 0 Å². The molecule has 0 aliphatic carbocycles. The summed E-state index contributed by atoms with van der Waals surface area (Å²) in [6.45, 7) is 5.23. The van der Waals surface area contributed by atoms with Gasteiger partial charge in [0.05, 0.1) is 6.61 Å². The molecule has 1 aliphatic heterocycles. The van der Waals surface area contributed by atoms with E-state index in [9.17, 15) is 4.79 Å². The van der Waals surface area contributed by atoms with Gasteiger partial charge in [0.25, 0.3) is 5.91 Å². The fourth-order valence-corrected chi connectivity index (χ4v) is 2.99. The molecule has 0 spiro atoms. The Balaban J connectivity index is 1.71. The van der Waals surface area contributed by atoms with Gasteiger partial charge in [0.15, 0.2) is 0 Å². The van der Waals surface area contributed by atoms with Crippen molar-refractivity contribution >= 4 is 16.7 Å². The third-order valence-electron chi connectivity index (χ3n) is 4.15. The van der Waals surface area contributed by atoms with Crippen molar-refractivity contribution in [1.29, 1.82) is 0 Å². The Morgan fingerprint density at radius 1 is 1.36 bits per heavy atom. The lowest BCUT2D eigenvalue weighted by Gasteiger charge is -2.17. The number of hydrogen-bond donors (Lipinski definition) is 0. The van der Waals surface area contributed by atoms with E-state index in [1.54, 1.807) is 6.20 Å². The predicted molar refractivity (Wildman–Crippen MR) is 86.9 cm³/mol. The van der Waals surface area contributed by atoms with Crippen LogP contribution in [0.5, 0.6) is 0 Å². The van der Waals surface area contributed by atoms with Gasteiger partial charge in [-0.3, -0.25) is 9.78 Å². The SMILES string of the molecule is CCCOC[C@@H]1CCN(C(=O)c2nccc3ccccc23)C1. The number of carbonyl (C=O) groups is 1. The summed E-state index contributed by atoms with van der Waals surface area (Å²) < 4.78 is 5.62. The third-order valence-corrected chi connectivity index (χ3v) is 4.15. The van der Waals surface area contributed by atoms with Gasteiger partial charge in [-0.2, -0.15) is 0 Å². The second kappa shape index (κ2) is 6.88. The average molecular weight is 298 g/mol. The molecule has 22 heavy (non-hydrogen) atoms. The minimum absolute atomic E-state index is 0.0368. The molecule has 2 heterocycles. The number of nitrogens with zero attached hydrogens (tertiary/aromatic N) is 2. The standard InChI is InChI=1S/C18H22N2O2/c1-2-11-22-13-14-8-10-20(12-14)18(21)17-16-6-4-3-5-15(16)7-9-19-17/h3-7,9,14H,2,8,10-13H2,1H3/t14-/m1/s1. The molecule has 0 bridgehead atoms. The number of benzene rings is 1. The third kappa shape index (κ3) is 3.12. The highest BCUT2D eigenvalue weighted by Crippen LogP contribution is 2.22. The van der Waals surface area contributed by atoms with Crippen LogP contribution in [0.3, 0.4) is 0 Å². The van der Waals surface area contributed by atoms with Gasteiger partial charge in [-0.05, 0) is 24.3 Å². The number of amides is 1. The Hall–Kier alpha value is -1.94. The topological polar surface area (TPSA) is 42.4 Å². The first kappa shape index (κ1) is 15.0. The average Bonchev–Trinajstić information content (AvgIpc) is 3.03. The van der Waals surface area contributed by atoms with Crippen molar-refractivity contribution in [1.82, 2.24) is 9.88 Å². The van der Waals surface area contributed by atoms with E-state index in [2.05, 4.69) is 11.9 Å². The van der Waals surface area contributed by atoms with Gasteiger partial charge in [-0.15, -0.1) is 0 Å². The molecule has 2 aromatic rings. The first-order valence-corrected chi connectivity index (χ1v) is 8.00. The Morgan fingerprint density at radius 2 is 2.23 bits per heavy atom. The van der Waals surface area contributed by atoms with Crippen LogP contribution in [0.2, 0.25) is 0 Å². The molecular formula is C18H22N2O2. The minimum atomic E-state index is 0.0368. The summed E-state index contributed by atoms with van der Waals surface area (Å²) in [6, 6.07) is 9.85. The van der Waals surface area contributed by atoms with Crippen molar-refractivity contribution in [2.45, 2.75) is 19.8 Å². The number of hydrogen-bond acceptors (Lipinski definition) is 3. The largest absolute Gasteiger partial charge is 0.381 e. The molecule has 1 aliphatic rings. The first-order chi connectivity index (χ1) is 10.8. The van der Waals surface area contributed by atoms with E-state index in [1.165, 1.54) is 0 Å². The molecule has 0 radical (unpaired) electrons. The summed E-state index contributed by atoms with van der Waals surface area (Å²) in [5, 5.41) is 1.99. The number of rotatable bonds is 5. The van der Waals surface area contributed by atoms with Crippen molar-refractivity contribution in [2.75, 3.05) is 26.3 Å². The lowest BCUT2D eigenvalue weighted by molar-refractivity contribution is 0.0751. The lowest BCUT2D eigenvalue weighted by Crippen LogP contribution is -2.30. The second-order valence-corrected chi connectivity index (χ2v) is 5.86. The highest BCUT2D eigenvalue weighted by molar-refractivity contribution is 6.05. The van der Waals surface area contributed by atoms with Crippen LogP contribution >= 0.6 is 0 Å². The Kier molecular flexibility index (Phi) is 4.68. The summed E-state index contributed by atoms with van der Waals surface area (Å²) >= 11 is 0. The van der Waals surface area contributed by atoms with Gasteiger partial charge in [0, 0.05) is 37.2 Å². The number of likely N-dealkylation sites (tertiary alicyclic amines) is 1. The normalized spacial score (nSPS) is 18.0. The zero-order valence-electron chi connectivity index (χ0n) is 13.0. The molecule has 0 saturated carbocycles. The molecule has 1 fully saturated rings. The molecular weight excluding hydrogens is 276 g/mol. The molecule has 0 unspecified atom stereocenters. The van der Waals surface area contributed by atoms with Crippen LogP contribution in [0.1, 0.15) is 30.3 Å². The predicted octanol–water partition coefficient (Wildman–Crippen LogP) is 3.12. The second-order valence-electron chi connectivity index (χ2n) is 5.86. The Bertz CT molecular complexity index is 651. The van der Waals surface area contributed by atoms with E-state index in [-0.39, 0.29) is 5.91 Å². The van der Waals surface area contributed by atoms with Crippen molar-refractivity contribution in [3.05, 3.63) is 42.2 Å². The fraction of sp³-hybridized carbons (Fsp3) is 0.444. The molecule has 1 aromatic heterocycles. The van der Waals surface area contributed by atoms with E-state index in [1.807, 2.05) is 35.2 Å². The number of fused-ring (bicyclic) bond motifs is 1. The van der Waals surface area contributed by atoms with Crippen molar-refractivity contribution in [3.8, 4) is 0 Å². The van der Waals surface area contributed by atoms with Gasteiger partial charge in [0.2, 0.25) is 0 Å². The van der Waals surface area contributed by atoms with E-state index in [4.69, 9.17) is 4.74 Å². The number of ether oxygens (including phenoxy) is 1. The van der Waals surface area contributed by atoms with Gasteiger partial charge < -0.3 is 9.64 Å². The van der Waals surface area contributed by atoms with E-state index >= 15 is 0 Å². The minimum Gasteiger partial charge on any atom is -0.381 e. The molecule has 4 nitrogen and oxygen atoms in total. The summed E-state index contributed by atoms with van der Waals surface area (Å²) in [7, 11) is 0. The maximum Gasteiger partial charge on any atom is 0.273 e. The number of carbonyl (C=O) groups excluding carboxylic acids is 1. The smallest absolute Gasteiger partial charge is 0.273 e. The monoisotopic (exact) mass is 298 g/mol. The first-order valence-electron chi connectivity index (χ1n) is 8.00. The van der Waals surface area contributed by atoms with Crippen LogP contribution in [0, 0.1) is 5.92 Å². The van der Waals surface area contributed by atoms with Crippen molar-refractivity contribution in [2.24, 2.45) is 5.92 Å². The van der Waals surface area contributed by atoms with Crippen LogP contribution in [0.4, 0.5) is 0 Å². The zero-order valence-corrected chi connectivity index (χ0v) is 13.0. The maximum absolute atomic E-state index is 12.8. The molecule has 116 valence electrons. The van der Waals surface area contributed by atoms with Crippen LogP contribution < -0.4 is 0 Å².